The van der Waals surface area contributed by atoms with Gasteiger partial charge in [0, 0.05) is 14.1 Å². The Morgan fingerprint density at radius 2 is 1.57 bits per heavy atom. The Morgan fingerprint density at radius 3 is 2.00 bits per heavy atom. The average molecular weight is 188 g/mol. The van der Waals surface area contributed by atoms with Crippen LogP contribution in [0.25, 0.3) is 11.0 Å². The first kappa shape index (κ1) is 8.68. The number of benzene rings is 1. The summed E-state index contributed by atoms with van der Waals surface area (Å²) in [6.07, 6.45) is 0. The maximum atomic E-state index is 8.43. The van der Waals surface area contributed by atoms with Gasteiger partial charge in [0.25, 0.3) is 0 Å². The third-order valence-electron chi connectivity index (χ3n) is 2.34. The molecule has 0 N–H and O–H groups in total. The van der Waals surface area contributed by atoms with Crippen LogP contribution >= 0.6 is 0 Å². The summed E-state index contributed by atoms with van der Waals surface area (Å²) in [4.78, 5) is 0. The van der Waals surface area contributed by atoms with Crippen LogP contribution in [0, 0.1) is 0 Å². The summed E-state index contributed by atoms with van der Waals surface area (Å²) >= 11 is 0. The van der Waals surface area contributed by atoms with Crippen LogP contribution < -0.4 is 11.1 Å². The van der Waals surface area contributed by atoms with Crippen molar-refractivity contribution in [3.05, 3.63) is 29.9 Å². The number of hydrogen-bond acceptors (Lipinski definition) is 1. The zero-order valence-electron chi connectivity index (χ0n) is 8.05. The van der Waals surface area contributed by atoms with Gasteiger partial charge in [0.2, 0.25) is 5.62 Å². The van der Waals surface area contributed by atoms with E-state index in [4.69, 9.17) is 5.53 Å². The molecular weight excluding hydrogens is 178 g/mol. The molecule has 0 fully saturated rings. The number of fused-ring (bicyclic) bond motifs is 1. The predicted molar refractivity (Wildman–Crippen MR) is 52.0 cm³/mol. The summed E-state index contributed by atoms with van der Waals surface area (Å²) in [6.45, 7) is 0. The van der Waals surface area contributed by atoms with Crippen molar-refractivity contribution in [2.24, 2.45) is 24.4 Å². The lowest BCUT2D eigenvalue weighted by Crippen LogP contribution is -2.21. The number of aryl methyl sites for hydroxylation is 2. The number of hydrogen-bond donors (Lipinski definition) is 0. The Balaban J connectivity index is 3.00. The molecule has 1 radical (unpaired) electrons. The first-order valence-electron chi connectivity index (χ1n) is 4.24. The molecule has 0 amide bonds. The summed E-state index contributed by atoms with van der Waals surface area (Å²) in [5.74, 6) is 0. The number of nitrogens with zero attached hydrogens (tertiary/aromatic N) is 5. The molecule has 0 aliphatic rings. The van der Waals surface area contributed by atoms with Gasteiger partial charge in [-0.05, 0) is 22.9 Å². The lowest BCUT2D eigenvalue weighted by molar-refractivity contribution is 0.735. The van der Waals surface area contributed by atoms with E-state index in [2.05, 4.69) is 10.3 Å². The SMILES string of the molecule is Cn1c(=NN=[N])n(C)c2ccccc21. The second-order valence-corrected chi connectivity index (χ2v) is 3.10. The largest absolute Gasteiger partial charge is 0.312 e. The van der Waals surface area contributed by atoms with Crippen molar-refractivity contribution >= 4 is 11.0 Å². The van der Waals surface area contributed by atoms with Crippen molar-refractivity contribution in [1.29, 1.82) is 0 Å². The smallest absolute Gasteiger partial charge is 0.232 e. The molecule has 0 saturated heterocycles. The van der Waals surface area contributed by atoms with Gasteiger partial charge in [-0.3, -0.25) is 0 Å². The molecule has 1 aromatic carbocycles. The molecule has 1 heterocycles. The van der Waals surface area contributed by atoms with Crippen LogP contribution in [0.4, 0.5) is 0 Å². The van der Waals surface area contributed by atoms with Crippen molar-refractivity contribution in [2.75, 3.05) is 0 Å². The molecule has 0 bridgehead atoms. The molecule has 0 spiro atoms. The van der Waals surface area contributed by atoms with Crippen molar-refractivity contribution < 1.29 is 0 Å². The third kappa shape index (κ3) is 1.06. The molecule has 71 valence electrons. The highest BCUT2D eigenvalue weighted by Gasteiger charge is 2.04. The minimum absolute atomic E-state index is 0.605. The average Bonchev–Trinajstić information content (AvgIpc) is 2.45. The van der Waals surface area contributed by atoms with E-state index in [0.29, 0.717) is 5.62 Å². The van der Waals surface area contributed by atoms with Gasteiger partial charge in [-0.2, -0.15) is 0 Å². The molecule has 1 aromatic heterocycles. The highest BCUT2D eigenvalue weighted by molar-refractivity contribution is 5.75. The van der Waals surface area contributed by atoms with Gasteiger partial charge in [0.15, 0.2) is 0 Å². The van der Waals surface area contributed by atoms with Gasteiger partial charge in [0.05, 0.1) is 11.0 Å². The van der Waals surface area contributed by atoms with Gasteiger partial charge in [-0.15, -0.1) is 0 Å². The molecule has 0 saturated carbocycles. The summed E-state index contributed by atoms with van der Waals surface area (Å²) in [5.41, 5.74) is 11.1. The van der Waals surface area contributed by atoms with E-state index >= 15 is 0 Å². The van der Waals surface area contributed by atoms with Crippen molar-refractivity contribution in [3.8, 4) is 0 Å². The lowest BCUT2D eigenvalue weighted by Gasteiger charge is -1.91. The fourth-order valence-electron chi connectivity index (χ4n) is 1.65. The third-order valence-corrected chi connectivity index (χ3v) is 2.34. The van der Waals surface area contributed by atoms with Gasteiger partial charge in [-0.25, -0.2) is 0 Å². The standard InChI is InChI=1S/C9H10N5/c1-13-7-5-3-4-6-8(7)14(2)9(13)11-12-10/h3-6H,1-2H3. The minimum atomic E-state index is 0.605. The highest BCUT2D eigenvalue weighted by atomic mass is 15.4. The highest BCUT2D eigenvalue weighted by Crippen LogP contribution is 2.09. The molecule has 2 aromatic rings. The molecule has 0 aliphatic heterocycles. The number of rotatable bonds is 1. The van der Waals surface area contributed by atoms with E-state index in [9.17, 15) is 0 Å². The van der Waals surface area contributed by atoms with Crippen molar-refractivity contribution in [1.82, 2.24) is 14.7 Å². The Labute approximate surface area is 80.8 Å². The number of imidazole rings is 1. The summed E-state index contributed by atoms with van der Waals surface area (Å²) < 4.78 is 3.74. The summed E-state index contributed by atoms with van der Waals surface area (Å²) in [6, 6.07) is 7.90. The van der Waals surface area contributed by atoms with Crippen LogP contribution in [0.3, 0.4) is 0 Å². The molecule has 0 aliphatic carbocycles. The summed E-state index contributed by atoms with van der Waals surface area (Å²) in [5, 5.41) is 6.46. The zero-order valence-corrected chi connectivity index (χ0v) is 8.05. The topological polar surface area (TPSA) is 56.9 Å². The van der Waals surface area contributed by atoms with Crippen LogP contribution in [0.2, 0.25) is 0 Å². The van der Waals surface area contributed by atoms with E-state index in [-0.39, 0.29) is 0 Å². The molecule has 5 nitrogen and oxygen atoms in total. The van der Waals surface area contributed by atoms with Gasteiger partial charge in [0.1, 0.15) is 0 Å². The number of para-hydroxylation sites is 2. The van der Waals surface area contributed by atoms with E-state index in [0.717, 1.165) is 11.0 Å². The van der Waals surface area contributed by atoms with Crippen LogP contribution in [-0.4, -0.2) is 9.13 Å². The first-order chi connectivity index (χ1) is 6.75. The minimum Gasteiger partial charge on any atom is -0.312 e. The van der Waals surface area contributed by atoms with Gasteiger partial charge in [-0.1, -0.05) is 17.2 Å². The Morgan fingerprint density at radius 1 is 1.07 bits per heavy atom. The summed E-state index contributed by atoms with van der Waals surface area (Å²) in [7, 11) is 3.76. The van der Waals surface area contributed by atoms with E-state index in [1.54, 1.807) is 0 Å². The van der Waals surface area contributed by atoms with Crippen molar-refractivity contribution in [3.63, 3.8) is 0 Å². The quantitative estimate of drug-likeness (QED) is 0.464. The molecule has 0 atom stereocenters. The second kappa shape index (κ2) is 3.10. The second-order valence-electron chi connectivity index (χ2n) is 3.10. The maximum absolute atomic E-state index is 8.43. The van der Waals surface area contributed by atoms with Crippen LogP contribution in [0.1, 0.15) is 0 Å². The fourth-order valence-corrected chi connectivity index (χ4v) is 1.65. The predicted octanol–water partition coefficient (Wildman–Crippen LogP) is 0.585. The fraction of sp³-hybridized carbons (Fsp3) is 0.222. The van der Waals surface area contributed by atoms with E-state index in [1.165, 1.54) is 0 Å². The Bertz CT molecular complexity index is 504. The van der Waals surface area contributed by atoms with Crippen LogP contribution in [-0.2, 0) is 14.1 Å². The lowest BCUT2D eigenvalue weighted by atomic mass is 10.3. The molecule has 0 unspecified atom stereocenters. The molecule has 5 heteroatoms. The normalized spacial score (nSPS) is 10.4. The first-order valence-corrected chi connectivity index (χ1v) is 4.24. The molecular formula is C9H10N5. The maximum Gasteiger partial charge on any atom is 0.232 e. The number of aromatic nitrogens is 2. The monoisotopic (exact) mass is 188 g/mol. The Kier molecular flexibility index (Phi) is 1.92. The Hall–Kier alpha value is -1.91. The molecule has 14 heavy (non-hydrogen) atoms. The van der Waals surface area contributed by atoms with Gasteiger partial charge >= 0.3 is 0 Å². The van der Waals surface area contributed by atoms with E-state index < -0.39 is 0 Å². The molecule has 2 rings (SSSR count). The van der Waals surface area contributed by atoms with Crippen molar-refractivity contribution in [2.45, 2.75) is 0 Å². The van der Waals surface area contributed by atoms with Crippen LogP contribution in [0.5, 0.6) is 0 Å². The van der Waals surface area contributed by atoms with E-state index in [1.807, 2.05) is 47.5 Å². The zero-order chi connectivity index (χ0) is 10.1. The van der Waals surface area contributed by atoms with Gasteiger partial charge < -0.3 is 9.13 Å². The van der Waals surface area contributed by atoms with Crippen LogP contribution in [0.15, 0.2) is 34.6 Å².